The second-order valence-electron chi connectivity index (χ2n) is 4.02. The second-order valence-corrected chi connectivity index (χ2v) is 4.02. The maximum absolute atomic E-state index is 12.9. The van der Waals surface area contributed by atoms with Crippen molar-refractivity contribution in [3.8, 4) is 5.75 Å². The predicted molar refractivity (Wildman–Crippen MR) is 69.6 cm³/mol. The Balaban J connectivity index is 0.00000162. The Kier molecular flexibility index (Phi) is 4.13. The average Bonchev–Trinajstić information content (AvgIpc) is 2.61. The van der Waals surface area contributed by atoms with Crippen LogP contribution in [0.5, 0.6) is 5.75 Å². The molecule has 2 rings (SSSR count). The third-order valence-corrected chi connectivity index (χ3v) is 2.66. The Labute approximate surface area is 110 Å². The molecule has 0 fully saturated rings. The van der Waals surface area contributed by atoms with Gasteiger partial charge in [0, 0.05) is 17.5 Å². The number of halogens is 2. The van der Waals surface area contributed by atoms with Gasteiger partial charge in [-0.05, 0) is 12.1 Å². The number of hydrogen-bond acceptors (Lipinski definition) is 3. The first-order chi connectivity index (χ1) is 7.99. The van der Waals surface area contributed by atoms with Crippen LogP contribution in [0.1, 0.15) is 12.5 Å². The fraction of sp³-hybridized carbons (Fsp3) is 0.273. The Bertz CT molecular complexity index is 506. The lowest BCUT2D eigenvalue weighted by Gasteiger charge is -2.10. The van der Waals surface area contributed by atoms with Crippen LogP contribution in [-0.2, 0) is 0 Å². The quantitative estimate of drug-likeness (QED) is 0.535. The van der Waals surface area contributed by atoms with E-state index in [0.717, 1.165) is 6.07 Å². The zero-order valence-corrected chi connectivity index (χ0v) is 10.5. The summed E-state index contributed by atoms with van der Waals surface area (Å²) in [6.07, 6.45) is 0. The van der Waals surface area contributed by atoms with Gasteiger partial charge in [0.05, 0.1) is 12.3 Å². The topological polar surface area (TPSA) is 85.7 Å². The first-order valence-corrected chi connectivity index (χ1v) is 5.18. The highest BCUT2D eigenvalue weighted by atomic mass is 35.5. The van der Waals surface area contributed by atoms with Crippen molar-refractivity contribution in [1.82, 2.24) is 5.01 Å². The first kappa shape index (κ1) is 14.2. The average molecular weight is 273 g/mol. The molecule has 1 aromatic rings. The van der Waals surface area contributed by atoms with Gasteiger partial charge in [0.25, 0.3) is 0 Å². The fourth-order valence-corrected chi connectivity index (χ4v) is 1.81. The molecule has 0 aliphatic carbocycles. The molecule has 0 spiro atoms. The van der Waals surface area contributed by atoms with Crippen molar-refractivity contribution in [3.63, 3.8) is 0 Å². The molecule has 0 amide bonds. The number of phenolic OH excluding ortho intramolecular Hbond substituents is 1. The van der Waals surface area contributed by atoms with Gasteiger partial charge in [0.2, 0.25) is 5.96 Å². The molecule has 1 unspecified atom stereocenters. The van der Waals surface area contributed by atoms with Crippen LogP contribution in [-0.4, -0.2) is 28.3 Å². The summed E-state index contributed by atoms with van der Waals surface area (Å²) in [6.45, 7) is 2.39. The predicted octanol–water partition coefficient (Wildman–Crippen LogP) is 1.50. The Morgan fingerprint density at radius 2 is 2.28 bits per heavy atom. The molecule has 5 nitrogen and oxygen atoms in total. The van der Waals surface area contributed by atoms with E-state index in [-0.39, 0.29) is 30.0 Å². The molecule has 98 valence electrons. The van der Waals surface area contributed by atoms with Gasteiger partial charge in [-0.2, -0.15) is 5.10 Å². The van der Waals surface area contributed by atoms with Crippen LogP contribution in [0.3, 0.4) is 0 Å². The van der Waals surface area contributed by atoms with Crippen molar-refractivity contribution in [2.75, 3.05) is 6.54 Å². The van der Waals surface area contributed by atoms with Crippen molar-refractivity contribution in [2.24, 2.45) is 16.8 Å². The fourth-order valence-electron chi connectivity index (χ4n) is 1.81. The lowest BCUT2D eigenvalue weighted by Crippen LogP contribution is -2.31. The highest BCUT2D eigenvalue weighted by Gasteiger charge is 2.27. The van der Waals surface area contributed by atoms with Gasteiger partial charge in [0.1, 0.15) is 11.6 Å². The van der Waals surface area contributed by atoms with E-state index in [4.69, 9.17) is 11.1 Å². The third-order valence-electron chi connectivity index (χ3n) is 2.66. The standard InChI is InChI=1S/C11H13FN4O.ClH/c1-6-5-16(11(13)14)15-10(6)8-3-2-7(12)4-9(8)17;/h2-4,6,17H,5H2,1H3,(H3,13,14);1H. The van der Waals surface area contributed by atoms with E-state index in [1.54, 1.807) is 0 Å². The monoisotopic (exact) mass is 272 g/mol. The normalized spacial score (nSPS) is 18.2. The van der Waals surface area contributed by atoms with Crippen LogP contribution < -0.4 is 5.73 Å². The molecule has 0 bridgehead atoms. The van der Waals surface area contributed by atoms with E-state index in [2.05, 4.69) is 5.10 Å². The summed E-state index contributed by atoms with van der Waals surface area (Å²) in [7, 11) is 0. The molecule has 1 atom stereocenters. The largest absolute Gasteiger partial charge is 0.507 e. The van der Waals surface area contributed by atoms with E-state index < -0.39 is 5.82 Å². The van der Waals surface area contributed by atoms with Crippen LogP contribution in [0, 0.1) is 17.1 Å². The van der Waals surface area contributed by atoms with Gasteiger partial charge >= 0.3 is 0 Å². The minimum Gasteiger partial charge on any atom is -0.507 e. The number of rotatable bonds is 1. The second kappa shape index (κ2) is 5.22. The molecule has 0 aromatic heterocycles. The van der Waals surface area contributed by atoms with Crippen LogP contribution in [0.15, 0.2) is 23.3 Å². The van der Waals surface area contributed by atoms with Crippen LogP contribution in [0.4, 0.5) is 4.39 Å². The summed E-state index contributed by atoms with van der Waals surface area (Å²) in [5, 5.41) is 22.5. The number of hydrazone groups is 1. The van der Waals surface area contributed by atoms with Crippen molar-refractivity contribution in [1.29, 1.82) is 5.41 Å². The Hall–Kier alpha value is -1.82. The summed E-state index contributed by atoms with van der Waals surface area (Å²) in [6, 6.07) is 3.78. The van der Waals surface area contributed by atoms with Crippen molar-refractivity contribution < 1.29 is 9.50 Å². The number of guanidine groups is 1. The number of nitrogens with zero attached hydrogens (tertiary/aromatic N) is 2. The zero-order valence-electron chi connectivity index (χ0n) is 9.72. The molecular weight excluding hydrogens is 259 g/mol. The number of nitrogens with one attached hydrogen (secondary N) is 1. The number of phenols is 1. The molecule has 1 heterocycles. The minimum atomic E-state index is -0.499. The van der Waals surface area contributed by atoms with Crippen molar-refractivity contribution >= 4 is 24.1 Å². The van der Waals surface area contributed by atoms with E-state index in [1.807, 2.05) is 6.92 Å². The molecule has 4 N–H and O–H groups in total. The van der Waals surface area contributed by atoms with Crippen LogP contribution in [0.2, 0.25) is 0 Å². The Morgan fingerprint density at radius 1 is 1.61 bits per heavy atom. The van der Waals surface area contributed by atoms with E-state index in [9.17, 15) is 9.50 Å². The van der Waals surface area contributed by atoms with Gasteiger partial charge in [-0.25, -0.2) is 9.40 Å². The number of nitrogens with two attached hydrogens (primary N) is 1. The molecule has 1 aliphatic heterocycles. The summed E-state index contributed by atoms with van der Waals surface area (Å²) in [5.74, 6) is -0.773. The van der Waals surface area contributed by atoms with Gasteiger partial charge in [0.15, 0.2) is 0 Å². The maximum atomic E-state index is 12.9. The molecule has 1 aliphatic rings. The molecule has 18 heavy (non-hydrogen) atoms. The van der Waals surface area contributed by atoms with Crippen molar-refractivity contribution in [3.05, 3.63) is 29.6 Å². The summed E-state index contributed by atoms with van der Waals surface area (Å²) in [5.41, 5.74) is 6.43. The highest BCUT2D eigenvalue weighted by Crippen LogP contribution is 2.26. The van der Waals surface area contributed by atoms with Gasteiger partial charge in [-0.3, -0.25) is 5.41 Å². The third kappa shape index (κ3) is 2.53. The summed E-state index contributed by atoms with van der Waals surface area (Å²) in [4.78, 5) is 0. The van der Waals surface area contributed by atoms with E-state index in [0.29, 0.717) is 17.8 Å². The molecule has 7 heteroatoms. The smallest absolute Gasteiger partial charge is 0.209 e. The number of aromatic hydroxyl groups is 1. The molecular formula is C11H14ClFN4O. The Morgan fingerprint density at radius 3 is 2.78 bits per heavy atom. The van der Waals surface area contributed by atoms with Crippen LogP contribution >= 0.6 is 12.4 Å². The first-order valence-electron chi connectivity index (χ1n) is 5.18. The van der Waals surface area contributed by atoms with Gasteiger partial charge < -0.3 is 10.8 Å². The highest BCUT2D eigenvalue weighted by molar-refractivity contribution is 6.06. The van der Waals surface area contributed by atoms with E-state index >= 15 is 0 Å². The van der Waals surface area contributed by atoms with Gasteiger partial charge in [-0.15, -0.1) is 12.4 Å². The van der Waals surface area contributed by atoms with Crippen molar-refractivity contribution in [2.45, 2.75) is 6.92 Å². The number of benzene rings is 1. The number of hydrogen-bond donors (Lipinski definition) is 3. The summed E-state index contributed by atoms with van der Waals surface area (Å²) < 4.78 is 12.9. The van der Waals surface area contributed by atoms with Gasteiger partial charge in [-0.1, -0.05) is 6.92 Å². The zero-order chi connectivity index (χ0) is 12.6. The lowest BCUT2D eigenvalue weighted by molar-refractivity contribution is 0.448. The molecule has 0 radical (unpaired) electrons. The van der Waals surface area contributed by atoms with Crippen LogP contribution in [0.25, 0.3) is 0 Å². The SMILES string of the molecule is CC1CN(C(=N)N)N=C1c1ccc(F)cc1O.Cl. The molecule has 0 saturated carbocycles. The maximum Gasteiger partial charge on any atom is 0.209 e. The molecule has 0 saturated heterocycles. The lowest BCUT2D eigenvalue weighted by atomic mass is 9.98. The minimum absolute atomic E-state index is 0. The summed E-state index contributed by atoms with van der Waals surface area (Å²) >= 11 is 0. The molecule has 1 aromatic carbocycles. The van der Waals surface area contributed by atoms with E-state index in [1.165, 1.54) is 17.1 Å².